The summed E-state index contributed by atoms with van der Waals surface area (Å²) in [5.41, 5.74) is 0.665. The van der Waals surface area contributed by atoms with Crippen LogP contribution in [-0.4, -0.2) is 38.6 Å². The number of ether oxygens (including phenoxy) is 1. The third-order valence-corrected chi connectivity index (χ3v) is 3.67. The quantitative estimate of drug-likeness (QED) is 0.580. The predicted molar refractivity (Wildman–Crippen MR) is 94.0 cm³/mol. The fourth-order valence-electron chi connectivity index (χ4n) is 2.27. The highest BCUT2D eigenvalue weighted by Gasteiger charge is 2.15. The fourth-order valence-corrected chi connectivity index (χ4v) is 2.27. The number of hydrogen-bond donors (Lipinski definition) is 1. The van der Waals surface area contributed by atoms with Gasteiger partial charge in [0.25, 0.3) is 5.91 Å². The Morgan fingerprint density at radius 2 is 1.85 bits per heavy atom. The maximum atomic E-state index is 13.4. The van der Waals surface area contributed by atoms with Gasteiger partial charge in [-0.15, -0.1) is 0 Å². The highest BCUT2D eigenvalue weighted by molar-refractivity contribution is 5.91. The zero-order valence-electron chi connectivity index (χ0n) is 14.4. The predicted octanol–water partition coefficient (Wildman–Crippen LogP) is 2.76. The Bertz CT molecular complexity index is 754. The molecule has 2 aromatic carbocycles. The van der Waals surface area contributed by atoms with Gasteiger partial charge in [-0.25, -0.2) is 13.6 Å². The molecular weight excluding hydrogens is 342 g/mol. The molecule has 138 valence electrons. The molecule has 2 rings (SSSR count). The zero-order chi connectivity index (χ0) is 18.9. The average Bonchev–Trinajstić information content (AvgIpc) is 2.63. The van der Waals surface area contributed by atoms with Crippen molar-refractivity contribution in [1.29, 1.82) is 0 Å². The summed E-state index contributed by atoms with van der Waals surface area (Å²) in [6, 6.07) is 12.3. The van der Waals surface area contributed by atoms with E-state index >= 15 is 0 Å². The van der Waals surface area contributed by atoms with Gasteiger partial charge in [-0.2, -0.15) is 0 Å². The van der Waals surface area contributed by atoms with Crippen LogP contribution in [0.1, 0.15) is 16.8 Å². The van der Waals surface area contributed by atoms with Gasteiger partial charge in [0.15, 0.2) is 6.61 Å². The number of halogens is 2. The van der Waals surface area contributed by atoms with Gasteiger partial charge in [0, 0.05) is 31.9 Å². The summed E-state index contributed by atoms with van der Waals surface area (Å²) in [6.45, 7) is 0.632. The summed E-state index contributed by atoms with van der Waals surface area (Å²) >= 11 is 0. The molecule has 0 radical (unpaired) electrons. The van der Waals surface area contributed by atoms with Gasteiger partial charge in [0.2, 0.25) is 0 Å². The molecule has 0 aliphatic heterocycles. The molecule has 2 aromatic rings. The fraction of sp³-hybridized carbons (Fsp3) is 0.263. The maximum Gasteiger partial charge on any atom is 0.341 e. The molecule has 0 bridgehead atoms. The number of esters is 1. The van der Waals surface area contributed by atoms with Crippen LogP contribution in [0, 0.1) is 11.6 Å². The molecule has 0 atom stereocenters. The normalized spacial score (nSPS) is 10.3. The lowest BCUT2D eigenvalue weighted by Crippen LogP contribution is -2.31. The second-order valence-electron chi connectivity index (χ2n) is 5.66. The minimum Gasteiger partial charge on any atom is -0.452 e. The van der Waals surface area contributed by atoms with Crippen molar-refractivity contribution >= 4 is 17.6 Å². The number of nitrogens with zero attached hydrogens (tertiary/aromatic N) is 1. The molecule has 0 spiro atoms. The molecule has 7 heteroatoms. The van der Waals surface area contributed by atoms with Gasteiger partial charge in [0.05, 0.1) is 5.56 Å². The molecule has 1 N–H and O–H groups in total. The van der Waals surface area contributed by atoms with Crippen LogP contribution in [0.15, 0.2) is 48.5 Å². The van der Waals surface area contributed by atoms with E-state index in [0.29, 0.717) is 19.0 Å². The van der Waals surface area contributed by atoms with Crippen LogP contribution >= 0.6 is 0 Å². The van der Waals surface area contributed by atoms with Crippen molar-refractivity contribution in [2.24, 2.45) is 0 Å². The Morgan fingerprint density at radius 3 is 2.54 bits per heavy atom. The molecule has 0 fully saturated rings. The van der Waals surface area contributed by atoms with Gasteiger partial charge in [-0.05, 0) is 30.7 Å². The number of amides is 1. The van der Waals surface area contributed by atoms with Crippen molar-refractivity contribution in [3.05, 3.63) is 65.7 Å². The van der Waals surface area contributed by atoms with Crippen LogP contribution in [-0.2, 0) is 9.53 Å². The molecule has 0 aliphatic rings. The Hall–Kier alpha value is -2.96. The van der Waals surface area contributed by atoms with Crippen LogP contribution in [0.4, 0.5) is 14.5 Å². The Balaban J connectivity index is 1.66. The number of para-hydroxylation sites is 1. The standard InChI is InChI=1S/C19H20F2N2O3/c1-23(15-6-3-2-4-7-15)11-5-10-22-18(24)13-26-19(25)16-9-8-14(20)12-17(16)21/h2-4,6-9,12H,5,10-11,13H2,1H3,(H,22,24). The van der Waals surface area contributed by atoms with E-state index in [1.54, 1.807) is 0 Å². The van der Waals surface area contributed by atoms with Gasteiger partial charge in [0.1, 0.15) is 11.6 Å². The zero-order valence-corrected chi connectivity index (χ0v) is 14.4. The van der Waals surface area contributed by atoms with E-state index in [-0.39, 0.29) is 0 Å². The Labute approximate surface area is 150 Å². The van der Waals surface area contributed by atoms with E-state index in [1.165, 1.54) is 0 Å². The number of hydrogen-bond acceptors (Lipinski definition) is 4. The molecular formula is C19H20F2N2O3. The van der Waals surface area contributed by atoms with Crippen LogP contribution in [0.3, 0.4) is 0 Å². The van der Waals surface area contributed by atoms with Gasteiger partial charge in [-0.1, -0.05) is 18.2 Å². The summed E-state index contributed by atoms with van der Waals surface area (Å²) in [7, 11) is 1.95. The van der Waals surface area contributed by atoms with Crippen molar-refractivity contribution in [1.82, 2.24) is 5.32 Å². The van der Waals surface area contributed by atoms with Gasteiger partial charge < -0.3 is 15.0 Å². The van der Waals surface area contributed by atoms with E-state index < -0.39 is 35.7 Å². The average molecular weight is 362 g/mol. The molecule has 1 amide bonds. The maximum absolute atomic E-state index is 13.4. The topological polar surface area (TPSA) is 58.6 Å². The highest BCUT2D eigenvalue weighted by atomic mass is 19.1. The minimum absolute atomic E-state index is 0.413. The SMILES string of the molecule is CN(CCCNC(=O)COC(=O)c1ccc(F)cc1F)c1ccccc1. The second-order valence-corrected chi connectivity index (χ2v) is 5.66. The van der Waals surface area contributed by atoms with E-state index in [2.05, 4.69) is 10.2 Å². The van der Waals surface area contributed by atoms with Crippen molar-refractivity contribution in [3.8, 4) is 0 Å². The minimum atomic E-state index is -1.03. The molecule has 0 unspecified atom stereocenters. The van der Waals surface area contributed by atoms with Gasteiger partial charge >= 0.3 is 5.97 Å². The number of benzene rings is 2. The number of nitrogens with one attached hydrogen (secondary N) is 1. The Kier molecular flexibility index (Phi) is 7.08. The molecule has 0 aromatic heterocycles. The van der Waals surface area contributed by atoms with Crippen molar-refractivity contribution in [2.45, 2.75) is 6.42 Å². The molecule has 0 aliphatic carbocycles. The first-order chi connectivity index (χ1) is 12.5. The van der Waals surface area contributed by atoms with E-state index in [9.17, 15) is 18.4 Å². The van der Waals surface area contributed by atoms with E-state index in [4.69, 9.17) is 4.74 Å². The smallest absolute Gasteiger partial charge is 0.341 e. The summed E-state index contributed by atoms with van der Waals surface area (Å²) < 4.78 is 31.0. The summed E-state index contributed by atoms with van der Waals surface area (Å²) in [5, 5.41) is 2.62. The second kappa shape index (κ2) is 9.50. The summed E-state index contributed by atoms with van der Waals surface area (Å²) in [6.07, 6.45) is 0.706. The molecule has 0 saturated heterocycles. The van der Waals surface area contributed by atoms with Gasteiger partial charge in [-0.3, -0.25) is 4.79 Å². The Morgan fingerprint density at radius 1 is 1.12 bits per heavy atom. The number of carbonyl (C=O) groups is 2. The van der Waals surface area contributed by atoms with Crippen molar-refractivity contribution in [2.75, 3.05) is 31.6 Å². The first-order valence-corrected chi connectivity index (χ1v) is 8.12. The molecule has 0 saturated carbocycles. The third-order valence-electron chi connectivity index (χ3n) is 3.67. The molecule has 0 heterocycles. The first-order valence-electron chi connectivity index (χ1n) is 8.12. The third kappa shape index (κ3) is 5.84. The summed E-state index contributed by atoms with van der Waals surface area (Å²) in [4.78, 5) is 25.4. The van der Waals surface area contributed by atoms with E-state index in [0.717, 1.165) is 24.4 Å². The van der Waals surface area contributed by atoms with E-state index in [1.807, 2.05) is 37.4 Å². The van der Waals surface area contributed by atoms with Crippen LogP contribution in [0.25, 0.3) is 0 Å². The monoisotopic (exact) mass is 362 g/mol. The lowest BCUT2D eigenvalue weighted by atomic mass is 10.2. The lowest BCUT2D eigenvalue weighted by Gasteiger charge is -2.19. The molecule has 26 heavy (non-hydrogen) atoms. The first kappa shape index (κ1) is 19.4. The summed E-state index contributed by atoms with van der Waals surface area (Å²) in [5.74, 6) is -3.32. The highest BCUT2D eigenvalue weighted by Crippen LogP contribution is 2.11. The van der Waals surface area contributed by atoms with Crippen LogP contribution < -0.4 is 10.2 Å². The van der Waals surface area contributed by atoms with Crippen LogP contribution in [0.5, 0.6) is 0 Å². The van der Waals surface area contributed by atoms with Crippen molar-refractivity contribution in [3.63, 3.8) is 0 Å². The number of rotatable bonds is 8. The largest absolute Gasteiger partial charge is 0.452 e. The number of anilines is 1. The van der Waals surface area contributed by atoms with Crippen molar-refractivity contribution < 1.29 is 23.1 Å². The van der Waals surface area contributed by atoms with Crippen LogP contribution in [0.2, 0.25) is 0 Å². The number of carbonyl (C=O) groups excluding carboxylic acids is 2. The lowest BCUT2D eigenvalue weighted by molar-refractivity contribution is -0.124. The molecule has 5 nitrogen and oxygen atoms in total.